The highest BCUT2D eigenvalue weighted by atomic mass is 79.9. The molecule has 128 valence electrons. The highest BCUT2D eigenvalue weighted by molar-refractivity contribution is 9.10. The van der Waals surface area contributed by atoms with Crippen molar-refractivity contribution in [1.82, 2.24) is 0 Å². The molecule has 1 amide bonds. The van der Waals surface area contributed by atoms with E-state index in [0.29, 0.717) is 29.4 Å². The van der Waals surface area contributed by atoms with Gasteiger partial charge in [-0.15, -0.1) is 0 Å². The van der Waals surface area contributed by atoms with Gasteiger partial charge in [-0.3, -0.25) is 4.79 Å². The van der Waals surface area contributed by atoms with Gasteiger partial charge >= 0.3 is 0 Å². The van der Waals surface area contributed by atoms with Gasteiger partial charge in [0.15, 0.2) is 0 Å². The Morgan fingerprint density at radius 1 is 1.24 bits per heavy atom. The van der Waals surface area contributed by atoms with E-state index in [1.165, 1.54) is 6.08 Å². The van der Waals surface area contributed by atoms with Gasteiger partial charge in [0.2, 0.25) is 0 Å². The van der Waals surface area contributed by atoms with Crippen LogP contribution in [0.4, 0.5) is 5.69 Å². The third-order valence-electron chi connectivity index (χ3n) is 3.23. The quantitative estimate of drug-likeness (QED) is 0.575. The van der Waals surface area contributed by atoms with Crippen molar-refractivity contribution in [1.29, 1.82) is 5.26 Å². The summed E-state index contributed by atoms with van der Waals surface area (Å²) in [6, 6.07) is 14.2. The second-order valence-electron chi connectivity index (χ2n) is 5.01. The first-order chi connectivity index (χ1) is 12.0. The Bertz CT molecular complexity index is 824. The van der Waals surface area contributed by atoms with E-state index in [1.807, 2.05) is 19.1 Å². The Labute approximate surface area is 155 Å². The molecule has 0 aliphatic heterocycles. The average molecular weight is 401 g/mol. The highest BCUT2D eigenvalue weighted by Gasteiger charge is 2.10. The smallest absolute Gasteiger partial charge is 0.266 e. The number of ether oxygens (including phenoxy) is 2. The third kappa shape index (κ3) is 5.37. The number of nitrogens with zero attached hydrogens (tertiary/aromatic N) is 1. The molecule has 0 bridgehead atoms. The van der Waals surface area contributed by atoms with E-state index >= 15 is 0 Å². The van der Waals surface area contributed by atoms with E-state index in [0.717, 1.165) is 4.47 Å². The van der Waals surface area contributed by atoms with Gasteiger partial charge in [0.1, 0.15) is 23.1 Å². The van der Waals surface area contributed by atoms with Gasteiger partial charge < -0.3 is 14.8 Å². The van der Waals surface area contributed by atoms with Crippen LogP contribution < -0.4 is 14.8 Å². The molecule has 2 aromatic rings. The van der Waals surface area contributed by atoms with Crippen molar-refractivity contribution < 1.29 is 14.3 Å². The number of methoxy groups -OCH3 is 1. The number of hydrogen-bond acceptors (Lipinski definition) is 4. The first-order valence-corrected chi connectivity index (χ1v) is 8.35. The molecule has 0 heterocycles. The van der Waals surface area contributed by atoms with Gasteiger partial charge in [-0.2, -0.15) is 5.26 Å². The molecule has 0 unspecified atom stereocenters. The molecule has 0 saturated heterocycles. The van der Waals surface area contributed by atoms with Crippen molar-refractivity contribution in [3.05, 3.63) is 58.1 Å². The molecule has 1 N–H and O–H groups in total. The van der Waals surface area contributed by atoms with E-state index in [-0.39, 0.29) is 5.57 Å². The average Bonchev–Trinajstić information content (AvgIpc) is 2.60. The van der Waals surface area contributed by atoms with Crippen molar-refractivity contribution in [2.24, 2.45) is 0 Å². The van der Waals surface area contributed by atoms with E-state index < -0.39 is 5.91 Å². The number of carbonyl (C=O) groups excluding carboxylic acids is 1. The van der Waals surface area contributed by atoms with E-state index in [9.17, 15) is 10.1 Å². The molecule has 0 radical (unpaired) electrons. The largest absolute Gasteiger partial charge is 0.497 e. The van der Waals surface area contributed by atoms with Crippen molar-refractivity contribution in [3.63, 3.8) is 0 Å². The minimum Gasteiger partial charge on any atom is -0.497 e. The molecule has 0 aliphatic rings. The van der Waals surface area contributed by atoms with E-state index in [1.54, 1.807) is 43.5 Å². The van der Waals surface area contributed by atoms with Crippen LogP contribution in [0.5, 0.6) is 11.5 Å². The Morgan fingerprint density at radius 3 is 2.56 bits per heavy atom. The molecule has 6 heteroatoms. The fourth-order valence-corrected chi connectivity index (χ4v) is 2.60. The van der Waals surface area contributed by atoms with Gasteiger partial charge in [0, 0.05) is 10.2 Å². The number of amides is 1. The van der Waals surface area contributed by atoms with Gasteiger partial charge in [-0.1, -0.05) is 15.9 Å². The normalized spacial score (nSPS) is 10.7. The second-order valence-corrected chi connectivity index (χ2v) is 5.92. The van der Waals surface area contributed by atoms with Crippen LogP contribution in [0.1, 0.15) is 12.5 Å². The number of anilines is 1. The fourth-order valence-electron chi connectivity index (χ4n) is 2.11. The maximum Gasteiger partial charge on any atom is 0.266 e. The first-order valence-electron chi connectivity index (χ1n) is 7.56. The van der Waals surface area contributed by atoms with E-state index in [4.69, 9.17) is 9.47 Å². The monoisotopic (exact) mass is 400 g/mol. The van der Waals surface area contributed by atoms with Gasteiger partial charge in [-0.05, 0) is 61.0 Å². The Hall–Kier alpha value is -2.78. The molecule has 2 aromatic carbocycles. The summed E-state index contributed by atoms with van der Waals surface area (Å²) in [5.74, 6) is 0.869. The van der Waals surface area contributed by atoms with Crippen LogP contribution in [-0.4, -0.2) is 19.6 Å². The number of benzene rings is 2. The van der Waals surface area contributed by atoms with E-state index in [2.05, 4.69) is 21.2 Å². The zero-order chi connectivity index (χ0) is 18.2. The number of hydrogen-bond donors (Lipinski definition) is 1. The standard InChI is InChI=1S/C19H17BrN2O3/c1-3-25-18-10-13(9-15(20)11-18)8-14(12-21)19(23)22-16-4-6-17(24-2)7-5-16/h4-11H,3H2,1-2H3,(H,22,23)/b14-8+. The lowest BCUT2D eigenvalue weighted by molar-refractivity contribution is -0.112. The van der Waals surface area contributed by atoms with Gasteiger partial charge in [-0.25, -0.2) is 0 Å². The van der Waals surface area contributed by atoms with Crippen LogP contribution in [0.3, 0.4) is 0 Å². The lowest BCUT2D eigenvalue weighted by Gasteiger charge is -2.07. The van der Waals surface area contributed by atoms with Crippen LogP contribution in [0.2, 0.25) is 0 Å². The molecule has 0 spiro atoms. The van der Waals surface area contributed by atoms with Crippen molar-refractivity contribution >= 4 is 33.6 Å². The maximum absolute atomic E-state index is 12.3. The Balaban J connectivity index is 2.21. The Morgan fingerprint density at radius 2 is 1.96 bits per heavy atom. The highest BCUT2D eigenvalue weighted by Crippen LogP contribution is 2.23. The first kappa shape index (κ1) is 18.6. The molecule has 0 saturated carbocycles. The van der Waals surface area contributed by atoms with Gasteiger partial charge in [0.25, 0.3) is 5.91 Å². The molecule has 25 heavy (non-hydrogen) atoms. The number of rotatable bonds is 6. The summed E-state index contributed by atoms with van der Waals surface area (Å²) in [5, 5.41) is 12.0. The van der Waals surface area contributed by atoms with Crippen LogP contribution >= 0.6 is 15.9 Å². The lowest BCUT2D eigenvalue weighted by Crippen LogP contribution is -2.13. The number of halogens is 1. The van der Waals surface area contributed by atoms with Crippen molar-refractivity contribution in [2.75, 3.05) is 19.0 Å². The summed E-state index contributed by atoms with van der Waals surface area (Å²) in [5.41, 5.74) is 1.27. The van der Waals surface area contributed by atoms with Crippen LogP contribution in [0.25, 0.3) is 6.08 Å². The van der Waals surface area contributed by atoms with Crippen molar-refractivity contribution in [3.8, 4) is 17.6 Å². The van der Waals surface area contributed by atoms with Crippen LogP contribution in [0, 0.1) is 11.3 Å². The number of nitrogens with one attached hydrogen (secondary N) is 1. The molecule has 0 fully saturated rings. The molecule has 0 atom stereocenters. The summed E-state index contributed by atoms with van der Waals surface area (Å²) in [7, 11) is 1.57. The number of carbonyl (C=O) groups is 1. The topological polar surface area (TPSA) is 71.3 Å². The van der Waals surface area contributed by atoms with Crippen molar-refractivity contribution in [2.45, 2.75) is 6.92 Å². The third-order valence-corrected chi connectivity index (χ3v) is 3.69. The summed E-state index contributed by atoms with van der Waals surface area (Å²) in [6.45, 7) is 2.42. The zero-order valence-corrected chi connectivity index (χ0v) is 15.5. The zero-order valence-electron chi connectivity index (χ0n) is 13.9. The molecular weight excluding hydrogens is 384 g/mol. The summed E-state index contributed by atoms with van der Waals surface area (Å²) in [6.07, 6.45) is 1.52. The summed E-state index contributed by atoms with van der Waals surface area (Å²) < 4.78 is 11.3. The second kappa shape index (κ2) is 8.90. The molecule has 0 aliphatic carbocycles. The molecule has 5 nitrogen and oxygen atoms in total. The van der Waals surface area contributed by atoms with Gasteiger partial charge in [0.05, 0.1) is 13.7 Å². The minimum absolute atomic E-state index is 0.00336. The van der Waals surface area contributed by atoms with Crippen LogP contribution in [-0.2, 0) is 4.79 Å². The van der Waals surface area contributed by atoms with Crippen LogP contribution in [0.15, 0.2) is 52.5 Å². The molecular formula is C19H17BrN2O3. The fraction of sp³-hybridized carbons (Fsp3) is 0.158. The minimum atomic E-state index is -0.481. The lowest BCUT2D eigenvalue weighted by atomic mass is 10.1. The number of nitriles is 1. The molecule has 2 rings (SSSR count). The maximum atomic E-state index is 12.3. The SMILES string of the molecule is CCOc1cc(Br)cc(/C=C(\C#N)C(=O)Nc2ccc(OC)cc2)c1. The predicted molar refractivity (Wildman–Crippen MR) is 101 cm³/mol. The molecule has 0 aromatic heterocycles. The Kier molecular flexibility index (Phi) is 6.61. The summed E-state index contributed by atoms with van der Waals surface area (Å²) in [4.78, 5) is 12.3. The predicted octanol–water partition coefficient (Wildman–Crippen LogP) is 4.40. The summed E-state index contributed by atoms with van der Waals surface area (Å²) >= 11 is 3.39.